The fraction of sp³-hybridized carbons (Fsp3) is 0.407. The van der Waals surface area contributed by atoms with Crippen LogP contribution in [-0.4, -0.2) is 72.4 Å². The minimum absolute atomic E-state index is 0.230. The number of piperazine rings is 1. The van der Waals surface area contributed by atoms with Gasteiger partial charge in [0.1, 0.15) is 11.4 Å². The molecule has 1 amide bonds. The number of benzene rings is 1. The Kier molecular flexibility index (Phi) is 6.49. The number of aryl methyl sites for hydroxylation is 1. The van der Waals surface area contributed by atoms with Crippen LogP contribution in [0.1, 0.15) is 37.9 Å². The molecule has 0 unspecified atom stereocenters. The lowest BCUT2D eigenvalue weighted by molar-refractivity contribution is 0.0139. The molecule has 3 aromatic heterocycles. The normalized spacial score (nSPS) is 14.9. The zero-order chi connectivity index (χ0) is 25.3. The Morgan fingerprint density at radius 2 is 1.89 bits per heavy atom. The van der Waals surface area contributed by atoms with Crippen molar-refractivity contribution in [1.29, 1.82) is 0 Å². The zero-order valence-electron chi connectivity index (χ0n) is 21.4. The van der Waals surface area contributed by atoms with E-state index < -0.39 is 5.60 Å². The van der Waals surface area contributed by atoms with Crippen LogP contribution in [0.15, 0.2) is 48.8 Å². The lowest BCUT2D eigenvalue weighted by Gasteiger charge is -2.35. The molecule has 1 aliphatic rings. The maximum Gasteiger partial charge on any atom is 0.410 e. The summed E-state index contributed by atoms with van der Waals surface area (Å²) in [5, 5.41) is 4.49. The monoisotopic (exact) mass is 487 g/mol. The largest absolute Gasteiger partial charge is 0.444 e. The summed E-state index contributed by atoms with van der Waals surface area (Å²) in [7, 11) is 1.92. The number of imidazole rings is 1. The SMILES string of the molecule is Cn1ccc(-c2ccc3nc(Cc4cc(CN5CCN(C(=O)OC(C)(C)C)CC5)ccn4)[nH]c3c2)n1. The summed E-state index contributed by atoms with van der Waals surface area (Å²) in [6, 6.07) is 12.4. The van der Waals surface area contributed by atoms with Crippen molar-refractivity contribution < 1.29 is 9.53 Å². The lowest BCUT2D eigenvalue weighted by atomic mass is 10.1. The van der Waals surface area contributed by atoms with E-state index >= 15 is 0 Å². The fourth-order valence-corrected chi connectivity index (χ4v) is 4.44. The second-order valence-electron chi connectivity index (χ2n) is 10.4. The van der Waals surface area contributed by atoms with Gasteiger partial charge in [-0.1, -0.05) is 6.07 Å². The van der Waals surface area contributed by atoms with E-state index in [4.69, 9.17) is 9.72 Å². The topological polar surface area (TPSA) is 92.2 Å². The number of hydrogen-bond donors (Lipinski definition) is 1. The smallest absolute Gasteiger partial charge is 0.410 e. The van der Waals surface area contributed by atoms with Crippen LogP contribution in [-0.2, 0) is 24.8 Å². The highest BCUT2D eigenvalue weighted by atomic mass is 16.6. The molecule has 1 fully saturated rings. The van der Waals surface area contributed by atoms with Gasteiger partial charge in [-0.3, -0.25) is 14.6 Å². The molecule has 0 saturated carbocycles. The van der Waals surface area contributed by atoms with E-state index in [9.17, 15) is 4.79 Å². The third-order valence-electron chi connectivity index (χ3n) is 6.20. The fourth-order valence-electron chi connectivity index (χ4n) is 4.44. The molecule has 9 heteroatoms. The second-order valence-corrected chi connectivity index (χ2v) is 10.4. The number of ether oxygens (including phenoxy) is 1. The highest BCUT2D eigenvalue weighted by Gasteiger charge is 2.25. The first-order valence-corrected chi connectivity index (χ1v) is 12.3. The Morgan fingerprint density at radius 3 is 2.61 bits per heavy atom. The molecule has 0 bridgehead atoms. The van der Waals surface area contributed by atoms with E-state index in [0.717, 1.165) is 53.4 Å². The highest BCUT2D eigenvalue weighted by Crippen LogP contribution is 2.22. The summed E-state index contributed by atoms with van der Waals surface area (Å²) < 4.78 is 7.31. The molecule has 4 aromatic rings. The molecule has 36 heavy (non-hydrogen) atoms. The molecule has 188 valence electrons. The van der Waals surface area contributed by atoms with Crippen molar-refractivity contribution in [2.24, 2.45) is 7.05 Å². The molecule has 0 atom stereocenters. The van der Waals surface area contributed by atoms with Gasteiger partial charge in [-0.2, -0.15) is 5.10 Å². The number of aromatic amines is 1. The number of aromatic nitrogens is 5. The van der Waals surface area contributed by atoms with Crippen molar-refractivity contribution >= 4 is 17.1 Å². The quantitative estimate of drug-likeness (QED) is 0.457. The first-order valence-electron chi connectivity index (χ1n) is 12.3. The Balaban J connectivity index is 1.20. The van der Waals surface area contributed by atoms with E-state index in [0.29, 0.717) is 19.5 Å². The average Bonchev–Trinajstić information content (AvgIpc) is 3.43. The molecule has 0 spiro atoms. The summed E-state index contributed by atoms with van der Waals surface area (Å²) >= 11 is 0. The number of pyridine rings is 1. The van der Waals surface area contributed by atoms with Crippen LogP contribution in [0, 0.1) is 0 Å². The number of rotatable bonds is 5. The van der Waals surface area contributed by atoms with E-state index in [2.05, 4.69) is 44.2 Å². The number of hydrogen-bond acceptors (Lipinski definition) is 6. The van der Waals surface area contributed by atoms with Crippen LogP contribution in [0.25, 0.3) is 22.3 Å². The Labute approximate surface area is 211 Å². The van der Waals surface area contributed by atoms with Crippen molar-refractivity contribution in [3.8, 4) is 11.3 Å². The highest BCUT2D eigenvalue weighted by molar-refractivity contribution is 5.81. The summed E-state index contributed by atoms with van der Waals surface area (Å²) in [4.78, 5) is 29.3. The van der Waals surface area contributed by atoms with Gasteiger partial charge in [-0.05, 0) is 56.7 Å². The minimum atomic E-state index is -0.469. The van der Waals surface area contributed by atoms with Gasteiger partial charge in [0, 0.05) is 69.8 Å². The van der Waals surface area contributed by atoms with Gasteiger partial charge in [0.25, 0.3) is 0 Å². The predicted molar refractivity (Wildman–Crippen MR) is 138 cm³/mol. The van der Waals surface area contributed by atoms with Crippen molar-refractivity contribution in [3.05, 3.63) is 65.9 Å². The average molecular weight is 488 g/mol. The molecule has 9 nitrogen and oxygen atoms in total. The summed E-state index contributed by atoms with van der Waals surface area (Å²) in [6.45, 7) is 9.50. The van der Waals surface area contributed by atoms with Crippen LogP contribution >= 0.6 is 0 Å². The van der Waals surface area contributed by atoms with Crippen LogP contribution < -0.4 is 0 Å². The van der Waals surface area contributed by atoms with E-state index in [-0.39, 0.29) is 6.09 Å². The van der Waals surface area contributed by atoms with Crippen molar-refractivity contribution in [3.63, 3.8) is 0 Å². The van der Waals surface area contributed by atoms with Crippen molar-refractivity contribution in [2.45, 2.75) is 39.3 Å². The maximum absolute atomic E-state index is 12.3. The molecular formula is C27H33N7O2. The molecule has 0 aliphatic carbocycles. The molecular weight excluding hydrogens is 454 g/mol. The number of carbonyl (C=O) groups excluding carboxylic acids is 1. The molecule has 1 saturated heterocycles. The number of H-pyrrole nitrogens is 1. The number of nitrogens with one attached hydrogen (secondary N) is 1. The van der Waals surface area contributed by atoms with Gasteiger partial charge < -0.3 is 14.6 Å². The molecule has 0 radical (unpaired) electrons. The summed E-state index contributed by atoms with van der Waals surface area (Å²) in [5.41, 5.74) is 5.64. The van der Waals surface area contributed by atoms with Crippen LogP contribution in [0.5, 0.6) is 0 Å². The third-order valence-corrected chi connectivity index (χ3v) is 6.20. The molecule has 1 N–H and O–H groups in total. The Hall–Kier alpha value is -3.72. The van der Waals surface area contributed by atoms with Crippen LogP contribution in [0.4, 0.5) is 4.79 Å². The second kappa shape index (κ2) is 9.73. The first kappa shape index (κ1) is 24.0. The number of amides is 1. The van der Waals surface area contributed by atoms with Gasteiger partial charge in [0.15, 0.2) is 0 Å². The molecule has 1 aliphatic heterocycles. The van der Waals surface area contributed by atoms with E-state index in [1.54, 1.807) is 9.58 Å². The molecule has 5 rings (SSSR count). The van der Waals surface area contributed by atoms with Crippen LogP contribution in [0.3, 0.4) is 0 Å². The maximum atomic E-state index is 12.3. The molecule has 4 heterocycles. The lowest BCUT2D eigenvalue weighted by Crippen LogP contribution is -2.49. The predicted octanol–water partition coefficient (Wildman–Crippen LogP) is 4.00. The third kappa shape index (κ3) is 5.73. The van der Waals surface area contributed by atoms with Crippen LogP contribution in [0.2, 0.25) is 0 Å². The van der Waals surface area contributed by atoms with Gasteiger partial charge in [-0.15, -0.1) is 0 Å². The van der Waals surface area contributed by atoms with Crippen molar-refractivity contribution in [1.82, 2.24) is 34.5 Å². The summed E-state index contributed by atoms with van der Waals surface area (Å²) in [5.74, 6) is 0.888. The minimum Gasteiger partial charge on any atom is -0.444 e. The van der Waals surface area contributed by atoms with Crippen molar-refractivity contribution in [2.75, 3.05) is 26.2 Å². The van der Waals surface area contributed by atoms with Gasteiger partial charge in [0.05, 0.1) is 16.7 Å². The standard InChI is InChI=1S/C27H33N7O2/c1-27(2,3)36-26(35)34-13-11-33(12-14-34)18-19-7-9-28-21(15-19)17-25-29-23-6-5-20(16-24(23)30-25)22-8-10-32(4)31-22/h5-10,15-16H,11-14,17-18H2,1-4H3,(H,29,30). The van der Waals surface area contributed by atoms with Gasteiger partial charge >= 0.3 is 6.09 Å². The number of nitrogens with zero attached hydrogens (tertiary/aromatic N) is 6. The first-order chi connectivity index (χ1) is 17.2. The number of fused-ring (bicyclic) bond motifs is 1. The Bertz CT molecular complexity index is 1360. The van der Waals surface area contributed by atoms with E-state index in [1.165, 1.54) is 5.56 Å². The zero-order valence-corrected chi connectivity index (χ0v) is 21.4. The van der Waals surface area contributed by atoms with Gasteiger partial charge in [-0.25, -0.2) is 9.78 Å². The van der Waals surface area contributed by atoms with Gasteiger partial charge in [0.2, 0.25) is 0 Å². The number of carbonyl (C=O) groups is 1. The Morgan fingerprint density at radius 1 is 1.08 bits per heavy atom. The molecule has 1 aromatic carbocycles. The summed E-state index contributed by atoms with van der Waals surface area (Å²) in [6.07, 6.45) is 4.21. The van der Waals surface area contributed by atoms with E-state index in [1.807, 2.05) is 52.3 Å².